The molecule has 3 heteroatoms. The van der Waals surface area contributed by atoms with Gasteiger partial charge < -0.3 is 10.2 Å². The van der Waals surface area contributed by atoms with Crippen LogP contribution in [-0.4, -0.2) is 22.3 Å². The summed E-state index contributed by atoms with van der Waals surface area (Å²) in [6.07, 6.45) is 8.42. The van der Waals surface area contributed by atoms with Crippen molar-refractivity contribution < 1.29 is 15.0 Å². The number of aliphatic hydroxyl groups is 1. The number of carboxylic acids is 1. The fourth-order valence-corrected chi connectivity index (χ4v) is 7.47. The molecule has 3 fully saturated rings. The van der Waals surface area contributed by atoms with E-state index in [4.69, 9.17) is 0 Å². The second-order valence-corrected chi connectivity index (χ2v) is 10.2. The van der Waals surface area contributed by atoms with E-state index in [1.165, 1.54) is 16.7 Å². The summed E-state index contributed by atoms with van der Waals surface area (Å²) in [7, 11) is 0. The molecule has 1 aromatic carbocycles. The number of carbonyl (C=O) groups is 1. The maximum atomic E-state index is 12.1. The van der Waals surface area contributed by atoms with Crippen LogP contribution in [-0.2, 0) is 16.6 Å². The van der Waals surface area contributed by atoms with Crippen LogP contribution in [0.25, 0.3) is 0 Å². The van der Waals surface area contributed by atoms with Crippen molar-refractivity contribution in [3.63, 3.8) is 0 Å². The molecule has 0 aliphatic heterocycles. The smallest absolute Gasteiger partial charge is 0.314 e. The van der Waals surface area contributed by atoms with Crippen molar-refractivity contribution in [3.05, 3.63) is 47.0 Å². The van der Waals surface area contributed by atoms with E-state index < -0.39 is 11.4 Å². The third-order valence-electron chi connectivity index (χ3n) is 9.01. The summed E-state index contributed by atoms with van der Waals surface area (Å²) in [5.74, 6) is 0.876. The third kappa shape index (κ3) is 2.35. The number of fused-ring (bicyclic) bond motifs is 5. The first-order valence-electron chi connectivity index (χ1n) is 11.1. The Labute approximate surface area is 167 Å². The van der Waals surface area contributed by atoms with Crippen molar-refractivity contribution in [2.24, 2.45) is 17.3 Å². The zero-order valence-electron chi connectivity index (χ0n) is 16.9. The van der Waals surface area contributed by atoms with Gasteiger partial charge >= 0.3 is 5.97 Å². The van der Waals surface area contributed by atoms with Gasteiger partial charge in [-0.25, -0.2) is 0 Å². The Morgan fingerprint density at radius 1 is 1.18 bits per heavy atom. The van der Waals surface area contributed by atoms with Crippen LogP contribution in [0, 0.1) is 17.3 Å². The van der Waals surface area contributed by atoms with Crippen molar-refractivity contribution >= 4 is 5.97 Å². The van der Waals surface area contributed by atoms with Crippen LogP contribution in [0.5, 0.6) is 0 Å². The summed E-state index contributed by atoms with van der Waals surface area (Å²) in [5.41, 5.74) is 4.42. The summed E-state index contributed by atoms with van der Waals surface area (Å²) in [6.45, 7) is 6.62. The molecule has 1 aromatic rings. The van der Waals surface area contributed by atoms with Gasteiger partial charge in [-0.15, -0.1) is 0 Å². The Bertz CT molecular complexity index is 834. The Morgan fingerprint density at radius 3 is 2.64 bits per heavy atom. The lowest BCUT2D eigenvalue weighted by molar-refractivity contribution is -0.143. The molecule has 3 unspecified atom stereocenters. The molecule has 5 rings (SSSR count). The second kappa shape index (κ2) is 6.19. The predicted octanol–water partition coefficient (Wildman–Crippen LogP) is 4.97. The van der Waals surface area contributed by atoms with Gasteiger partial charge in [0.1, 0.15) is 0 Å². The lowest BCUT2D eigenvalue weighted by Gasteiger charge is -2.50. The highest BCUT2D eigenvalue weighted by atomic mass is 16.4. The number of hydrogen-bond acceptors (Lipinski definition) is 2. The van der Waals surface area contributed by atoms with Gasteiger partial charge in [0.15, 0.2) is 0 Å². The highest BCUT2D eigenvalue weighted by molar-refractivity contribution is 5.82. The van der Waals surface area contributed by atoms with Gasteiger partial charge in [0.2, 0.25) is 0 Å². The van der Waals surface area contributed by atoms with Crippen molar-refractivity contribution in [1.29, 1.82) is 0 Å². The van der Waals surface area contributed by atoms with Crippen molar-refractivity contribution in [2.45, 2.75) is 82.1 Å². The first-order valence-corrected chi connectivity index (χ1v) is 11.1. The van der Waals surface area contributed by atoms with Gasteiger partial charge in [-0.2, -0.15) is 0 Å². The molecule has 2 N–H and O–H groups in total. The lowest BCUT2D eigenvalue weighted by Crippen LogP contribution is -2.44. The van der Waals surface area contributed by atoms with Crippen LogP contribution in [0.4, 0.5) is 0 Å². The predicted molar refractivity (Wildman–Crippen MR) is 109 cm³/mol. The molecule has 0 amide bonds. The van der Waals surface area contributed by atoms with Crippen molar-refractivity contribution in [3.8, 4) is 0 Å². The molecule has 0 aromatic heterocycles. The average molecular weight is 381 g/mol. The quantitative estimate of drug-likeness (QED) is 0.713. The average Bonchev–Trinajstić information content (AvgIpc) is 3.25. The standard InChI is InChI=1S/C25H32O3/c1-15-13-21(26)24(2)12-9-19-18-8-6-17(25(23(27)28)10-3-4-11-25)14-16(18)5-7-20(19)22(15)24/h6,8,14,19-22,26H,1,3-5,7,9-13H2,2H3,(H,27,28)/t19?,20?,21-,22?,24+/m0/s1. The van der Waals surface area contributed by atoms with Gasteiger partial charge in [-0.05, 0) is 79.4 Å². The molecule has 0 heterocycles. The van der Waals surface area contributed by atoms with Gasteiger partial charge in [-0.1, -0.05) is 50.1 Å². The molecular formula is C25H32O3. The summed E-state index contributed by atoms with van der Waals surface area (Å²) in [6, 6.07) is 6.60. The van der Waals surface area contributed by atoms with Crippen molar-refractivity contribution in [1.82, 2.24) is 0 Å². The van der Waals surface area contributed by atoms with Gasteiger partial charge in [0, 0.05) is 5.41 Å². The molecule has 28 heavy (non-hydrogen) atoms. The molecule has 5 atom stereocenters. The topological polar surface area (TPSA) is 57.5 Å². The van der Waals surface area contributed by atoms with Crippen LogP contribution < -0.4 is 0 Å². The van der Waals surface area contributed by atoms with E-state index in [-0.39, 0.29) is 11.5 Å². The molecule has 4 aliphatic rings. The Morgan fingerprint density at radius 2 is 1.93 bits per heavy atom. The van der Waals surface area contributed by atoms with E-state index >= 15 is 0 Å². The molecule has 0 saturated heterocycles. The highest BCUT2D eigenvalue weighted by Crippen LogP contribution is 2.62. The maximum Gasteiger partial charge on any atom is 0.314 e. The second-order valence-electron chi connectivity index (χ2n) is 10.2. The number of aliphatic hydroxyl groups excluding tert-OH is 1. The Kier molecular flexibility index (Phi) is 4.07. The van der Waals surface area contributed by atoms with E-state index in [9.17, 15) is 15.0 Å². The molecular weight excluding hydrogens is 348 g/mol. The number of aryl methyl sites for hydroxylation is 1. The summed E-state index contributed by atoms with van der Waals surface area (Å²) < 4.78 is 0. The normalized spacial score (nSPS) is 38.6. The monoisotopic (exact) mass is 380 g/mol. The number of rotatable bonds is 2. The van der Waals surface area contributed by atoms with Crippen LogP contribution >= 0.6 is 0 Å². The van der Waals surface area contributed by atoms with E-state index in [1.807, 2.05) is 0 Å². The van der Waals surface area contributed by atoms with E-state index in [1.54, 1.807) is 0 Å². The number of hydrogen-bond donors (Lipinski definition) is 2. The summed E-state index contributed by atoms with van der Waals surface area (Å²) >= 11 is 0. The lowest BCUT2D eigenvalue weighted by atomic mass is 9.54. The van der Waals surface area contributed by atoms with Crippen LogP contribution in [0.1, 0.15) is 80.9 Å². The molecule has 0 bridgehead atoms. The minimum atomic E-state index is -0.666. The molecule has 3 saturated carbocycles. The SMILES string of the molecule is C=C1C[C@H](O)[C@@]2(C)CCC3c4ccc(C5(C(=O)O)CCCC5)cc4CCC3C12. The number of carboxylic acid groups (broad SMARTS) is 1. The largest absolute Gasteiger partial charge is 0.481 e. The first-order chi connectivity index (χ1) is 13.4. The van der Waals surface area contributed by atoms with Crippen LogP contribution in [0.2, 0.25) is 0 Å². The minimum Gasteiger partial charge on any atom is -0.481 e. The van der Waals surface area contributed by atoms with Crippen molar-refractivity contribution in [2.75, 3.05) is 0 Å². The third-order valence-corrected chi connectivity index (χ3v) is 9.01. The summed E-state index contributed by atoms with van der Waals surface area (Å²) in [4.78, 5) is 12.1. The molecule has 4 aliphatic carbocycles. The number of benzene rings is 1. The zero-order chi connectivity index (χ0) is 19.7. The van der Waals surface area contributed by atoms with E-state index in [2.05, 4.69) is 31.7 Å². The molecule has 0 radical (unpaired) electrons. The van der Waals surface area contributed by atoms with Crippen LogP contribution in [0.3, 0.4) is 0 Å². The fourth-order valence-electron chi connectivity index (χ4n) is 7.47. The molecule has 0 spiro atoms. The van der Waals surface area contributed by atoms with Crippen LogP contribution in [0.15, 0.2) is 30.4 Å². The zero-order valence-corrected chi connectivity index (χ0v) is 16.9. The fraction of sp³-hybridized carbons (Fsp3) is 0.640. The van der Waals surface area contributed by atoms with Gasteiger partial charge in [-0.3, -0.25) is 4.79 Å². The van der Waals surface area contributed by atoms with Gasteiger partial charge in [0.25, 0.3) is 0 Å². The summed E-state index contributed by atoms with van der Waals surface area (Å²) in [5, 5.41) is 20.6. The van der Waals surface area contributed by atoms with E-state index in [0.717, 1.165) is 63.4 Å². The van der Waals surface area contributed by atoms with E-state index in [0.29, 0.717) is 17.8 Å². The Balaban J connectivity index is 1.50. The molecule has 150 valence electrons. The minimum absolute atomic E-state index is 0.00704. The van der Waals surface area contributed by atoms with Gasteiger partial charge in [0.05, 0.1) is 11.5 Å². The number of aliphatic carboxylic acids is 1. The Hall–Kier alpha value is -1.61. The highest BCUT2D eigenvalue weighted by Gasteiger charge is 2.56. The maximum absolute atomic E-state index is 12.1. The first kappa shape index (κ1) is 18.4. The molecule has 3 nitrogen and oxygen atoms in total.